The summed E-state index contributed by atoms with van der Waals surface area (Å²) in [6.45, 7) is 3.08. The van der Waals surface area contributed by atoms with Crippen molar-refractivity contribution in [2.45, 2.75) is 64.1 Å². The third kappa shape index (κ3) is 41.9. The first-order chi connectivity index (χ1) is 58.8. The topological polar surface area (TPSA) is 630 Å². The van der Waals surface area contributed by atoms with Gasteiger partial charge in [0.1, 0.15) is 55.2 Å². The zero-order chi connectivity index (χ0) is 89.4. The Hall–Kier alpha value is -11.3. The fraction of sp³-hybridized carbons (Fsp3) is 0.568. The number of ether oxygens (including phenoxy) is 3. The number of hydrogen-bond donors (Lipinski definition) is 20. The second-order valence-corrected chi connectivity index (χ2v) is 33.6. The van der Waals surface area contributed by atoms with Crippen molar-refractivity contribution in [3.8, 4) is 17.2 Å². The monoisotopic (exact) mass is 1790 g/mol. The van der Waals surface area contributed by atoms with E-state index in [4.69, 9.17) is 14.2 Å². The Morgan fingerprint density at radius 3 is 0.862 bits per heavy atom. The second kappa shape index (κ2) is 54.2. The van der Waals surface area contributed by atoms with Crippen molar-refractivity contribution in [3.05, 3.63) is 89.5 Å². The molecule has 3 aromatic rings. The fourth-order valence-corrected chi connectivity index (χ4v) is 14.7. The van der Waals surface area contributed by atoms with Crippen LogP contribution < -0.4 is 103 Å². The summed E-state index contributed by atoms with van der Waals surface area (Å²) < 4.78 is 103. The van der Waals surface area contributed by atoms with Crippen LogP contribution in [0, 0.1) is 0 Å². The molecule has 3 aromatic carbocycles. The first-order valence-corrected chi connectivity index (χ1v) is 45.1. The van der Waals surface area contributed by atoms with Gasteiger partial charge in [0.25, 0.3) is 17.7 Å². The van der Waals surface area contributed by atoms with Crippen molar-refractivity contribution in [2.75, 3.05) is 207 Å². The van der Waals surface area contributed by atoms with Crippen molar-refractivity contribution < 1.29 is 108 Å². The summed E-state index contributed by atoms with van der Waals surface area (Å²) in [6, 6.07) is 12.1. The minimum atomic E-state index is -4.55. The Labute approximate surface area is 713 Å². The van der Waals surface area contributed by atoms with Crippen molar-refractivity contribution in [3.63, 3.8) is 0 Å². The lowest BCUT2D eigenvalue weighted by atomic mass is 10.2. The van der Waals surface area contributed by atoms with Gasteiger partial charge in [0.2, 0.25) is 59.6 Å². The Morgan fingerprint density at radius 1 is 0.366 bits per heavy atom. The van der Waals surface area contributed by atoms with Crippen LogP contribution >= 0.6 is 0 Å². The molecule has 6 rings (SSSR count). The van der Waals surface area contributed by atoms with Crippen LogP contribution in [0.25, 0.3) is 0 Å². The molecule has 0 fully saturated rings. The number of aliphatic carboxylic acids is 3. The molecule has 3 unspecified atom stereocenters. The lowest BCUT2D eigenvalue weighted by molar-refractivity contribution is -0.139. The van der Waals surface area contributed by atoms with Crippen molar-refractivity contribution in [1.82, 2.24) is 103 Å². The average Bonchev–Trinajstić information content (AvgIpc) is 0.872. The molecule has 3 atom stereocenters. The zero-order valence-corrected chi connectivity index (χ0v) is 71.2. The van der Waals surface area contributed by atoms with Gasteiger partial charge in [-0.2, -0.15) is 14.2 Å². The van der Waals surface area contributed by atoms with E-state index < -0.39 is 203 Å². The number of carboxylic acids is 3. The highest BCUT2D eigenvalue weighted by molar-refractivity contribution is 7.90. The number of rotatable bonds is 59. The van der Waals surface area contributed by atoms with Gasteiger partial charge in [0, 0.05) is 134 Å². The predicted octanol–water partition coefficient (Wildman–Crippen LogP) is -7.35. The van der Waals surface area contributed by atoms with E-state index in [1.165, 1.54) is 87.5 Å². The molecule has 0 aromatic heterocycles. The summed E-state index contributed by atoms with van der Waals surface area (Å²) >= 11 is 0. The molecule has 682 valence electrons. The quantitative estimate of drug-likeness (QED) is 0.0234. The minimum absolute atomic E-state index is 0.0982. The predicted molar refractivity (Wildman–Crippen MR) is 452 cm³/mol. The Bertz CT molecular complexity index is 4210. The minimum Gasteiger partial charge on any atom is -0.492 e. The Morgan fingerprint density at radius 2 is 0.618 bits per heavy atom. The summed E-state index contributed by atoms with van der Waals surface area (Å²) in [5, 5.41) is 68.5. The number of aliphatic imine (C=N–C) groups is 3. The number of hydrogen-bond acceptors (Lipinski definition) is 32. The van der Waals surface area contributed by atoms with Crippen LogP contribution in [-0.2, 0) is 68.4 Å². The second-order valence-electron chi connectivity index (χ2n) is 28.0. The molecule has 20 N–H and O–H groups in total. The molecule has 0 bridgehead atoms. The van der Waals surface area contributed by atoms with Gasteiger partial charge in [-0.15, -0.1) is 0 Å². The van der Waals surface area contributed by atoms with Crippen LogP contribution in [0.15, 0.2) is 87.8 Å². The lowest BCUT2D eigenvalue weighted by Crippen LogP contribution is -2.51. The van der Waals surface area contributed by atoms with Crippen LogP contribution in [0.1, 0.15) is 77.0 Å². The molecule has 123 heavy (non-hydrogen) atoms. The Balaban J connectivity index is 1.07. The van der Waals surface area contributed by atoms with Crippen molar-refractivity contribution in [2.24, 2.45) is 15.0 Å². The van der Waals surface area contributed by atoms with Crippen molar-refractivity contribution in [1.29, 1.82) is 0 Å². The SMILES string of the molecule is CCCNC(=O)CN(CCN(CCN(CC(=O)NCCC)CC(=O)NCCS(=O)(=O)NC(CNC(=O)c1ccc(OCCNC2=NCCCN2)cc1)C(=O)O)CC(=O)NCCS(=O)(=O)NC(CNC(=O)c1ccc(OCCNC2=NCCCN2)cc1)C(=O)O)CC(=O)NCCS(=O)(=O)NC(CNC(=O)c1ccc(OCCNC2=NCCCN2)cc1)C(=O)O. The van der Waals surface area contributed by atoms with Gasteiger partial charge in [-0.25, -0.2) is 25.3 Å². The van der Waals surface area contributed by atoms with E-state index in [-0.39, 0.29) is 75.8 Å². The molecule has 0 aliphatic carbocycles. The van der Waals surface area contributed by atoms with Crippen LogP contribution in [0.5, 0.6) is 17.2 Å². The van der Waals surface area contributed by atoms with Gasteiger partial charge >= 0.3 is 17.9 Å². The van der Waals surface area contributed by atoms with Gasteiger partial charge in [-0.1, -0.05) is 13.8 Å². The molecular weight excluding hydrogens is 1680 g/mol. The number of benzene rings is 3. The van der Waals surface area contributed by atoms with Crippen molar-refractivity contribution >= 4 is 113 Å². The molecule has 8 amide bonds. The smallest absolute Gasteiger partial charge is 0.323 e. The molecule has 49 heteroatoms. The number of carbonyl (C=O) groups excluding carboxylic acids is 8. The summed E-state index contributed by atoms with van der Waals surface area (Å²) in [7, 11) is -13.6. The summed E-state index contributed by atoms with van der Waals surface area (Å²) in [4.78, 5) is 161. The molecular formula is C74H115N23O23S3. The molecule has 3 aliphatic heterocycles. The van der Waals surface area contributed by atoms with Gasteiger partial charge in [-0.05, 0) is 105 Å². The largest absolute Gasteiger partial charge is 0.492 e. The van der Waals surface area contributed by atoms with E-state index in [0.29, 0.717) is 87.2 Å². The summed E-state index contributed by atoms with van der Waals surface area (Å²) in [5.41, 5.74) is 0.316. The average molecular weight is 1790 g/mol. The highest BCUT2D eigenvalue weighted by atomic mass is 32.2. The number of amides is 8. The number of sulfonamides is 3. The molecule has 3 heterocycles. The van der Waals surface area contributed by atoms with Crippen LogP contribution in [0.3, 0.4) is 0 Å². The van der Waals surface area contributed by atoms with E-state index in [2.05, 4.69) is 89.4 Å². The molecule has 0 saturated heterocycles. The molecule has 0 saturated carbocycles. The van der Waals surface area contributed by atoms with E-state index in [0.717, 1.165) is 38.9 Å². The standard InChI is InChI=1S/C74H115N23O23S3/c1-3-20-75-62(99)48-96(50-64(101)78-32-42-122(114,115)93-59(70(108)109)45-90-67(104)53-10-16-56(17-11-53)119-39-29-87-73-82-24-6-25-83-73)36-34-95(47-61(98)77-31-41-121(112,113)92-58(69(106)107)44-89-66(103)52-8-14-55(15-9-52)118-38-28-86-72-80-22-5-23-81-72)35-37-97(49-63(100)76-21-4-2)51-65(102)79-33-43-123(116,117)94-60(71(110)111)46-91-68(105)54-12-18-57(19-13-54)120-40-30-88-74-84-26-7-27-85-74/h8-19,58-60,92-94H,3-7,20-51H2,1-2H3,(H,75,99)(H,76,100)(H,77,98)(H,78,101)(H,79,102)(H,89,103)(H,90,104)(H,91,105)(H,106,107)(H,108,109)(H,110,111)(H2,80,81,86)(H2,82,83,87)(H2,84,85,88). The highest BCUT2D eigenvalue weighted by Crippen LogP contribution is 2.15. The van der Waals surface area contributed by atoms with Gasteiger partial charge in [0.05, 0.1) is 69.6 Å². The van der Waals surface area contributed by atoms with E-state index in [1.54, 1.807) is 13.8 Å². The van der Waals surface area contributed by atoms with Gasteiger partial charge < -0.3 is 104 Å². The third-order valence-corrected chi connectivity index (χ3v) is 22.0. The maximum atomic E-state index is 13.9. The molecule has 46 nitrogen and oxygen atoms in total. The van der Waals surface area contributed by atoms with Crippen LogP contribution in [0.2, 0.25) is 0 Å². The summed E-state index contributed by atoms with van der Waals surface area (Å²) in [5.74, 6) is -10.1. The lowest BCUT2D eigenvalue weighted by Gasteiger charge is -2.29. The Kier molecular flexibility index (Phi) is 44.3. The molecule has 3 aliphatic rings. The zero-order valence-electron chi connectivity index (χ0n) is 68.7. The first kappa shape index (κ1) is 100. The van der Waals surface area contributed by atoms with Crippen LogP contribution in [-0.4, -0.2) is 364 Å². The van der Waals surface area contributed by atoms with Crippen LogP contribution in [0.4, 0.5) is 0 Å². The normalized spacial score (nSPS) is 14.1. The first-order valence-electron chi connectivity index (χ1n) is 40.1. The number of nitrogens with one attached hydrogen (secondary N) is 17. The number of nitrogens with zero attached hydrogens (tertiary/aromatic N) is 6. The third-order valence-electron chi connectivity index (χ3n) is 17.8. The van der Waals surface area contributed by atoms with Gasteiger partial charge in [-0.3, -0.25) is 82.4 Å². The molecule has 0 radical (unpaired) electrons. The number of carbonyl (C=O) groups is 11. The molecule has 0 spiro atoms. The fourth-order valence-electron chi connectivity index (χ4n) is 11.4. The maximum Gasteiger partial charge on any atom is 0.323 e. The van der Waals surface area contributed by atoms with Gasteiger partial charge in [0.15, 0.2) is 17.9 Å². The highest BCUT2D eigenvalue weighted by Gasteiger charge is 2.30. The summed E-state index contributed by atoms with van der Waals surface area (Å²) in [6.07, 6.45) is 3.79. The van der Waals surface area contributed by atoms with E-state index >= 15 is 0 Å². The maximum absolute atomic E-state index is 13.9. The number of carboxylic acid groups (broad SMARTS) is 3. The van der Waals surface area contributed by atoms with E-state index in [9.17, 15) is 93.3 Å². The van der Waals surface area contributed by atoms with E-state index in [1.807, 2.05) is 14.2 Å². The number of guanidine groups is 3.